The molecule has 2 nitrogen and oxygen atoms in total. The molecule has 148 valence electrons. The average molecular weight is 412 g/mol. The van der Waals surface area contributed by atoms with E-state index in [-0.39, 0.29) is 30.0 Å². The number of fused-ring (bicyclic) bond motifs is 1. The quantitative estimate of drug-likeness (QED) is 0.553. The summed E-state index contributed by atoms with van der Waals surface area (Å²) in [4.78, 5) is 14.5. The Kier molecular flexibility index (Phi) is 4.65. The minimum Gasteiger partial charge on any atom is -0.332 e. The van der Waals surface area contributed by atoms with Gasteiger partial charge in [0.1, 0.15) is 5.82 Å². The first kappa shape index (κ1) is 19.2. The monoisotopic (exact) mass is 411 g/mol. The molecule has 0 bridgehead atoms. The minimum atomic E-state index is -4.63. The van der Waals surface area contributed by atoms with E-state index in [1.54, 1.807) is 11.0 Å². The largest absolute Gasteiger partial charge is 0.416 e. The minimum absolute atomic E-state index is 0.0748. The first-order valence-corrected chi connectivity index (χ1v) is 9.48. The van der Waals surface area contributed by atoms with Gasteiger partial charge in [-0.15, -0.1) is 0 Å². The summed E-state index contributed by atoms with van der Waals surface area (Å²) in [7, 11) is 0. The van der Waals surface area contributed by atoms with Gasteiger partial charge in [-0.05, 0) is 55.2 Å². The lowest BCUT2D eigenvalue weighted by molar-refractivity contribution is -0.137. The van der Waals surface area contributed by atoms with Crippen molar-refractivity contribution in [3.63, 3.8) is 0 Å². The fourth-order valence-corrected chi connectivity index (χ4v) is 4.82. The number of aryl methyl sites for hydroxylation is 1. The number of rotatable bonds is 2. The Hall–Kier alpha value is -2.08. The summed E-state index contributed by atoms with van der Waals surface area (Å²) in [5, 5.41) is 0.567. The molecule has 0 aromatic heterocycles. The zero-order valence-corrected chi connectivity index (χ0v) is 15.8. The molecule has 2 aliphatic heterocycles. The molecule has 1 amide bonds. The van der Waals surface area contributed by atoms with Crippen LogP contribution in [0.5, 0.6) is 0 Å². The number of carbonyl (C=O) groups is 1. The Labute approximate surface area is 165 Å². The summed E-state index contributed by atoms with van der Waals surface area (Å²) in [5.74, 6) is -1.53. The molecule has 2 aliphatic rings. The summed E-state index contributed by atoms with van der Waals surface area (Å²) < 4.78 is 53.1. The summed E-state index contributed by atoms with van der Waals surface area (Å²) in [6.45, 7) is 1.94. The van der Waals surface area contributed by atoms with Gasteiger partial charge in [0, 0.05) is 23.4 Å². The van der Waals surface area contributed by atoms with E-state index in [0.717, 1.165) is 23.3 Å². The van der Waals surface area contributed by atoms with Gasteiger partial charge in [0.25, 0.3) is 0 Å². The van der Waals surface area contributed by atoms with Crippen LogP contribution in [0.1, 0.15) is 53.5 Å². The van der Waals surface area contributed by atoms with Crippen LogP contribution in [0, 0.1) is 12.7 Å². The van der Waals surface area contributed by atoms with Crippen LogP contribution in [0.4, 0.5) is 17.6 Å². The molecule has 2 fully saturated rings. The Bertz CT molecular complexity index is 942. The van der Waals surface area contributed by atoms with Gasteiger partial charge in [0.15, 0.2) is 0 Å². The van der Waals surface area contributed by atoms with E-state index in [2.05, 4.69) is 0 Å². The average Bonchev–Trinajstić information content (AvgIpc) is 3.17. The third kappa shape index (κ3) is 3.28. The highest BCUT2D eigenvalue weighted by Crippen LogP contribution is 2.50. The maximum Gasteiger partial charge on any atom is 0.416 e. The van der Waals surface area contributed by atoms with Gasteiger partial charge >= 0.3 is 6.18 Å². The predicted molar refractivity (Wildman–Crippen MR) is 97.6 cm³/mol. The topological polar surface area (TPSA) is 20.3 Å². The highest BCUT2D eigenvalue weighted by Gasteiger charge is 2.49. The number of hydrogen-bond acceptors (Lipinski definition) is 1. The van der Waals surface area contributed by atoms with Gasteiger partial charge < -0.3 is 4.90 Å². The van der Waals surface area contributed by atoms with Crippen molar-refractivity contribution in [1.29, 1.82) is 0 Å². The zero-order valence-electron chi connectivity index (χ0n) is 15.1. The summed E-state index contributed by atoms with van der Waals surface area (Å²) in [6.07, 6.45) is -3.24. The van der Waals surface area contributed by atoms with Crippen molar-refractivity contribution in [3.8, 4) is 0 Å². The van der Waals surface area contributed by atoms with E-state index in [1.165, 1.54) is 0 Å². The van der Waals surface area contributed by atoms with Crippen molar-refractivity contribution in [2.24, 2.45) is 0 Å². The molecule has 0 saturated carbocycles. The molecule has 0 N–H and O–H groups in total. The first-order chi connectivity index (χ1) is 13.1. The number of carbonyl (C=O) groups excluding carboxylic acids is 1. The lowest BCUT2D eigenvalue weighted by Crippen LogP contribution is -2.31. The molecule has 28 heavy (non-hydrogen) atoms. The van der Waals surface area contributed by atoms with E-state index in [4.69, 9.17) is 11.6 Å². The van der Waals surface area contributed by atoms with Crippen molar-refractivity contribution < 1.29 is 22.4 Å². The zero-order chi connectivity index (χ0) is 20.2. The van der Waals surface area contributed by atoms with Crippen LogP contribution in [0.15, 0.2) is 36.4 Å². The van der Waals surface area contributed by atoms with Gasteiger partial charge in [0.2, 0.25) is 5.91 Å². The fourth-order valence-electron chi connectivity index (χ4n) is 4.58. The van der Waals surface area contributed by atoms with Crippen LogP contribution in [-0.2, 0) is 11.0 Å². The van der Waals surface area contributed by atoms with Crippen LogP contribution in [0.2, 0.25) is 5.02 Å². The van der Waals surface area contributed by atoms with Gasteiger partial charge in [-0.25, -0.2) is 4.39 Å². The maximum atomic E-state index is 13.9. The highest BCUT2D eigenvalue weighted by atomic mass is 35.5. The van der Waals surface area contributed by atoms with Crippen LogP contribution < -0.4 is 0 Å². The van der Waals surface area contributed by atoms with Crippen LogP contribution in [0.25, 0.3) is 0 Å². The molecule has 0 spiro atoms. The molecule has 3 atom stereocenters. The van der Waals surface area contributed by atoms with Crippen LogP contribution in [0.3, 0.4) is 0 Å². The Morgan fingerprint density at radius 3 is 2.57 bits per heavy atom. The van der Waals surface area contributed by atoms with E-state index in [0.29, 0.717) is 23.9 Å². The number of hydrogen-bond donors (Lipinski definition) is 0. The molecule has 0 radical (unpaired) electrons. The Morgan fingerprint density at radius 2 is 1.86 bits per heavy atom. The van der Waals surface area contributed by atoms with Crippen molar-refractivity contribution >= 4 is 17.5 Å². The third-order valence-electron chi connectivity index (χ3n) is 5.76. The van der Waals surface area contributed by atoms with E-state index >= 15 is 0 Å². The first-order valence-electron chi connectivity index (χ1n) is 9.10. The van der Waals surface area contributed by atoms with Crippen molar-refractivity contribution in [2.75, 3.05) is 0 Å². The molecule has 2 aromatic rings. The highest BCUT2D eigenvalue weighted by molar-refractivity contribution is 6.31. The smallest absolute Gasteiger partial charge is 0.332 e. The molecule has 0 aliphatic carbocycles. The number of alkyl halides is 3. The SMILES string of the molecule is Cc1ccc(Cl)c([C@@H]2CC[C@H]3[C@@H](c4cc(F)cc(C(F)(F)F)c4)CC(=O)N23)c1. The molecule has 2 aromatic carbocycles. The van der Waals surface area contributed by atoms with Crippen LogP contribution >= 0.6 is 11.6 Å². The van der Waals surface area contributed by atoms with Gasteiger partial charge in [-0.3, -0.25) is 4.79 Å². The summed E-state index contributed by atoms with van der Waals surface area (Å²) in [6, 6.07) is 7.74. The number of benzene rings is 2. The normalized spacial score (nSPS) is 24.7. The molecule has 0 unspecified atom stereocenters. The number of nitrogens with zero attached hydrogens (tertiary/aromatic N) is 1. The van der Waals surface area contributed by atoms with E-state index in [1.807, 2.05) is 19.1 Å². The second-order valence-corrected chi connectivity index (χ2v) is 7.98. The standard InChI is InChI=1S/C21H18ClF4NO/c1-11-2-3-17(22)16(6-11)19-5-4-18-15(10-20(28)27(18)19)12-7-13(21(24,25)26)9-14(23)8-12/h2-3,6-9,15,18-19H,4-5,10H2,1H3/t15-,18+,19+/m1/s1. The molecule has 2 heterocycles. The van der Waals surface area contributed by atoms with Gasteiger partial charge in [-0.1, -0.05) is 29.3 Å². The molecular formula is C21H18ClF4NO. The Morgan fingerprint density at radius 1 is 1.11 bits per heavy atom. The summed E-state index contributed by atoms with van der Waals surface area (Å²) in [5.41, 5.74) is 1.08. The van der Waals surface area contributed by atoms with Gasteiger partial charge in [0.05, 0.1) is 11.6 Å². The number of halogens is 5. The van der Waals surface area contributed by atoms with E-state index in [9.17, 15) is 22.4 Å². The van der Waals surface area contributed by atoms with Crippen molar-refractivity contribution in [2.45, 2.75) is 50.4 Å². The third-order valence-corrected chi connectivity index (χ3v) is 6.11. The van der Waals surface area contributed by atoms with Crippen molar-refractivity contribution in [1.82, 2.24) is 4.90 Å². The predicted octanol–water partition coefficient (Wildman–Crippen LogP) is 6.03. The van der Waals surface area contributed by atoms with Crippen LogP contribution in [-0.4, -0.2) is 16.8 Å². The lowest BCUT2D eigenvalue weighted by Gasteiger charge is -2.27. The van der Waals surface area contributed by atoms with Gasteiger partial charge in [-0.2, -0.15) is 13.2 Å². The lowest BCUT2D eigenvalue weighted by atomic mass is 9.89. The molecule has 4 rings (SSSR count). The van der Waals surface area contributed by atoms with Crippen molar-refractivity contribution in [3.05, 3.63) is 69.5 Å². The molecular weight excluding hydrogens is 394 g/mol. The Balaban J connectivity index is 1.69. The molecule has 7 heteroatoms. The molecule has 2 saturated heterocycles. The summed E-state index contributed by atoms with van der Waals surface area (Å²) >= 11 is 6.35. The fraction of sp³-hybridized carbons (Fsp3) is 0.381. The maximum absolute atomic E-state index is 13.9. The number of amides is 1. The second kappa shape index (κ2) is 6.76. The van der Waals surface area contributed by atoms with E-state index < -0.39 is 23.5 Å². The second-order valence-electron chi connectivity index (χ2n) is 7.57.